The summed E-state index contributed by atoms with van der Waals surface area (Å²) in [6.07, 6.45) is 5.28. The van der Waals surface area contributed by atoms with Crippen LogP contribution in [-0.4, -0.2) is 24.2 Å². The van der Waals surface area contributed by atoms with Crippen molar-refractivity contribution in [2.24, 2.45) is 5.73 Å². The molecule has 0 radical (unpaired) electrons. The van der Waals surface area contributed by atoms with Crippen molar-refractivity contribution in [1.29, 1.82) is 0 Å². The van der Waals surface area contributed by atoms with Gasteiger partial charge in [0.1, 0.15) is 0 Å². The molecule has 1 aromatic heterocycles. The zero-order chi connectivity index (χ0) is 10.7. The van der Waals surface area contributed by atoms with Crippen LogP contribution in [0.25, 0.3) is 0 Å². The Kier molecular flexibility index (Phi) is 3.72. The largest absolute Gasteiger partial charge is 0.381 e. The predicted octanol–water partition coefficient (Wildman–Crippen LogP) is 1.93. The number of hydrogen-bond donors (Lipinski definition) is 1. The van der Waals surface area contributed by atoms with Crippen LogP contribution in [0.4, 0.5) is 0 Å². The van der Waals surface area contributed by atoms with Crippen LogP contribution in [-0.2, 0) is 11.2 Å². The molecular formula is C11H18N2OS. The number of ether oxygens (including phenoxy) is 1. The third kappa shape index (κ3) is 3.00. The third-order valence-electron chi connectivity index (χ3n) is 2.60. The van der Waals surface area contributed by atoms with E-state index >= 15 is 0 Å². The molecule has 0 bridgehead atoms. The summed E-state index contributed by atoms with van der Waals surface area (Å²) in [6, 6.07) is 0.223. The number of aromatic nitrogens is 1. The second-order valence-electron chi connectivity index (χ2n) is 4.26. The Morgan fingerprint density at radius 3 is 3.27 bits per heavy atom. The van der Waals surface area contributed by atoms with Crippen LogP contribution in [0, 0.1) is 0 Å². The van der Waals surface area contributed by atoms with E-state index in [1.165, 1.54) is 16.3 Å². The van der Waals surface area contributed by atoms with Crippen molar-refractivity contribution >= 4 is 11.3 Å². The summed E-state index contributed by atoms with van der Waals surface area (Å²) in [5.41, 5.74) is 5.77. The minimum atomic E-state index is 0.223. The maximum atomic E-state index is 5.77. The molecule has 84 valence electrons. The van der Waals surface area contributed by atoms with Gasteiger partial charge >= 0.3 is 0 Å². The van der Waals surface area contributed by atoms with Gasteiger partial charge in [0.05, 0.1) is 11.6 Å². The molecular weight excluding hydrogens is 208 g/mol. The fourth-order valence-electron chi connectivity index (χ4n) is 1.86. The number of hydrogen-bond acceptors (Lipinski definition) is 4. The Morgan fingerprint density at radius 2 is 2.60 bits per heavy atom. The van der Waals surface area contributed by atoms with Crippen LogP contribution >= 0.6 is 11.3 Å². The van der Waals surface area contributed by atoms with Crippen molar-refractivity contribution in [3.05, 3.63) is 16.1 Å². The molecule has 0 amide bonds. The predicted molar refractivity (Wildman–Crippen MR) is 62.3 cm³/mol. The van der Waals surface area contributed by atoms with E-state index in [9.17, 15) is 0 Å². The van der Waals surface area contributed by atoms with Crippen LogP contribution < -0.4 is 5.73 Å². The average molecular weight is 226 g/mol. The van der Waals surface area contributed by atoms with Gasteiger partial charge in [-0.1, -0.05) is 0 Å². The smallest absolute Gasteiger partial charge is 0.0981 e. The van der Waals surface area contributed by atoms with Crippen LogP contribution in [0.15, 0.2) is 6.20 Å². The second kappa shape index (κ2) is 5.05. The molecule has 3 nitrogen and oxygen atoms in total. The van der Waals surface area contributed by atoms with E-state index < -0.39 is 0 Å². The van der Waals surface area contributed by atoms with Gasteiger partial charge in [0, 0.05) is 29.6 Å². The molecule has 1 aliphatic rings. The lowest BCUT2D eigenvalue weighted by molar-refractivity contribution is 0.0804. The molecule has 2 unspecified atom stereocenters. The first-order valence-electron chi connectivity index (χ1n) is 5.53. The Bertz CT molecular complexity index is 305. The molecule has 2 atom stereocenters. The van der Waals surface area contributed by atoms with Gasteiger partial charge in [0.15, 0.2) is 0 Å². The zero-order valence-electron chi connectivity index (χ0n) is 9.11. The molecule has 2 heterocycles. The molecule has 1 saturated heterocycles. The molecule has 2 N–H and O–H groups in total. The van der Waals surface area contributed by atoms with E-state index in [1.54, 1.807) is 11.3 Å². The normalized spacial score (nSPS) is 24.0. The van der Waals surface area contributed by atoms with E-state index in [4.69, 9.17) is 10.5 Å². The van der Waals surface area contributed by atoms with Gasteiger partial charge in [-0.05, 0) is 26.2 Å². The second-order valence-corrected chi connectivity index (χ2v) is 5.41. The van der Waals surface area contributed by atoms with Gasteiger partial charge in [-0.25, -0.2) is 4.98 Å². The molecule has 4 heteroatoms. The first kappa shape index (κ1) is 11.0. The summed E-state index contributed by atoms with van der Waals surface area (Å²) in [5, 5.41) is 1.23. The van der Waals surface area contributed by atoms with Crippen LogP contribution in [0.2, 0.25) is 0 Å². The minimum Gasteiger partial charge on any atom is -0.381 e. The molecule has 0 saturated carbocycles. The van der Waals surface area contributed by atoms with E-state index in [2.05, 4.69) is 4.98 Å². The van der Waals surface area contributed by atoms with Crippen LogP contribution in [0.3, 0.4) is 0 Å². The van der Waals surface area contributed by atoms with E-state index in [0.717, 1.165) is 26.1 Å². The lowest BCUT2D eigenvalue weighted by Gasteiger charge is -2.19. The van der Waals surface area contributed by atoms with Crippen LogP contribution in [0.5, 0.6) is 0 Å². The highest BCUT2D eigenvalue weighted by atomic mass is 32.1. The Hall–Kier alpha value is -0.450. The molecule has 0 aliphatic carbocycles. The average Bonchev–Trinajstić information content (AvgIpc) is 2.67. The first-order valence-corrected chi connectivity index (χ1v) is 6.35. The number of nitrogens with two attached hydrogens (primary N) is 1. The Morgan fingerprint density at radius 1 is 1.73 bits per heavy atom. The zero-order valence-corrected chi connectivity index (χ0v) is 9.93. The summed E-state index contributed by atoms with van der Waals surface area (Å²) in [7, 11) is 0. The first-order chi connectivity index (χ1) is 7.25. The molecule has 0 aromatic carbocycles. The SMILES string of the molecule is CC(N)Cc1cnc(C2CCCOC2)s1. The topological polar surface area (TPSA) is 48.1 Å². The molecule has 15 heavy (non-hydrogen) atoms. The standard InChI is InChI=1S/C11H18N2OS/c1-8(12)5-10-6-13-11(15-10)9-3-2-4-14-7-9/h6,8-9H,2-5,7,12H2,1H3. The number of rotatable bonds is 3. The van der Waals surface area contributed by atoms with Crippen molar-refractivity contribution in [2.45, 2.75) is 38.1 Å². The third-order valence-corrected chi connectivity index (χ3v) is 3.79. The summed E-state index contributed by atoms with van der Waals surface area (Å²) < 4.78 is 5.47. The van der Waals surface area contributed by atoms with Gasteiger partial charge in [-0.15, -0.1) is 11.3 Å². The maximum Gasteiger partial charge on any atom is 0.0981 e. The van der Waals surface area contributed by atoms with Gasteiger partial charge < -0.3 is 10.5 Å². The lowest BCUT2D eigenvalue weighted by Crippen LogP contribution is -2.17. The Balaban J connectivity index is 1.99. The van der Waals surface area contributed by atoms with Crippen molar-refractivity contribution in [2.75, 3.05) is 13.2 Å². The summed E-state index contributed by atoms with van der Waals surface area (Å²) >= 11 is 1.80. The monoisotopic (exact) mass is 226 g/mol. The summed E-state index contributed by atoms with van der Waals surface area (Å²) in [5.74, 6) is 0.519. The van der Waals surface area contributed by atoms with Gasteiger partial charge in [-0.2, -0.15) is 0 Å². The van der Waals surface area contributed by atoms with Gasteiger partial charge in [-0.3, -0.25) is 0 Å². The lowest BCUT2D eigenvalue weighted by atomic mass is 10.0. The van der Waals surface area contributed by atoms with Crippen molar-refractivity contribution in [1.82, 2.24) is 4.98 Å². The Labute approximate surface area is 94.7 Å². The molecule has 2 rings (SSSR count). The maximum absolute atomic E-state index is 5.77. The fraction of sp³-hybridized carbons (Fsp3) is 0.727. The van der Waals surface area contributed by atoms with Gasteiger partial charge in [0.2, 0.25) is 0 Å². The quantitative estimate of drug-likeness (QED) is 0.856. The molecule has 1 aromatic rings. The minimum absolute atomic E-state index is 0.223. The molecule has 0 spiro atoms. The highest BCUT2D eigenvalue weighted by molar-refractivity contribution is 7.11. The van der Waals surface area contributed by atoms with Crippen molar-refractivity contribution < 1.29 is 4.74 Å². The van der Waals surface area contributed by atoms with Gasteiger partial charge in [0.25, 0.3) is 0 Å². The summed E-state index contributed by atoms with van der Waals surface area (Å²) in [6.45, 7) is 3.78. The highest BCUT2D eigenvalue weighted by Crippen LogP contribution is 2.29. The number of thiazole rings is 1. The van der Waals surface area contributed by atoms with E-state index in [-0.39, 0.29) is 6.04 Å². The summed E-state index contributed by atoms with van der Waals surface area (Å²) in [4.78, 5) is 5.77. The van der Waals surface area contributed by atoms with E-state index in [0.29, 0.717) is 5.92 Å². The highest BCUT2D eigenvalue weighted by Gasteiger charge is 2.19. The van der Waals surface area contributed by atoms with Crippen molar-refractivity contribution in [3.8, 4) is 0 Å². The fourth-order valence-corrected chi connectivity index (χ4v) is 3.04. The molecule has 1 fully saturated rings. The van der Waals surface area contributed by atoms with E-state index in [1.807, 2.05) is 13.1 Å². The van der Waals surface area contributed by atoms with Crippen LogP contribution in [0.1, 0.15) is 35.6 Å². The number of nitrogens with zero attached hydrogens (tertiary/aromatic N) is 1. The van der Waals surface area contributed by atoms with Crippen molar-refractivity contribution in [3.63, 3.8) is 0 Å². The molecule has 1 aliphatic heterocycles.